The molecule has 2 aromatic rings. The number of carbonyl (C=O) groups excluding carboxylic acids is 1. The molecule has 0 saturated carbocycles. The van der Waals surface area contributed by atoms with Crippen LogP contribution in [0, 0.1) is 5.92 Å². The molecule has 2 amide bonds. The average Bonchev–Trinajstić information content (AvgIpc) is 3.29. The largest absolute Gasteiger partial charge is 0.481 e. The highest BCUT2D eigenvalue weighted by Crippen LogP contribution is 2.39. The molecule has 31 heavy (non-hydrogen) atoms. The highest BCUT2D eigenvalue weighted by molar-refractivity contribution is 7.88. The molecule has 1 aliphatic heterocycles. The zero-order valence-corrected chi connectivity index (χ0v) is 19.5. The minimum Gasteiger partial charge on any atom is -0.481 e. The molecule has 168 valence electrons. The van der Waals surface area contributed by atoms with Gasteiger partial charge in [0.2, 0.25) is 10.0 Å². The van der Waals surface area contributed by atoms with E-state index in [0.29, 0.717) is 27.3 Å². The Kier molecular flexibility index (Phi) is 7.43. The zero-order chi connectivity index (χ0) is 22.8. The summed E-state index contributed by atoms with van der Waals surface area (Å²) in [4.78, 5) is 27.6. The number of carbonyl (C=O) groups is 2. The minimum absolute atomic E-state index is 0.116. The highest BCUT2D eigenvalue weighted by Gasteiger charge is 2.40. The van der Waals surface area contributed by atoms with Crippen LogP contribution in [0.5, 0.6) is 0 Å². The summed E-state index contributed by atoms with van der Waals surface area (Å²) in [6.45, 7) is 0.350. The number of nitrogens with one attached hydrogen (secondary N) is 2. The number of hydrogen-bond acceptors (Lipinski definition) is 6. The van der Waals surface area contributed by atoms with Crippen LogP contribution in [0.25, 0.3) is 0 Å². The molecule has 2 heterocycles. The van der Waals surface area contributed by atoms with Gasteiger partial charge in [0.1, 0.15) is 0 Å². The third kappa shape index (κ3) is 6.30. The lowest BCUT2D eigenvalue weighted by Gasteiger charge is -2.20. The molecule has 3 N–H and O–H groups in total. The first-order valence-electron chi connectivity index (χ1n) is 9.15. The molecule has 0 aliphatic carbocycles. The van der Waals surface area contributed by atoms with Crippen molar-refractivity contribution < 1.29 is 23.1 Å². The van der Waals surface area contributed by atoms with Crippen LogP contribution in [-0.2, 0) is 21.4 Å². The standard InChI is InChI=1S/C18H20Cl2N4O5S2/c1-31(28,29)24-8-11(6-16(25)26)5-15(24)14-9-30-18(22-14)23-17(27)21-7-10-2-3-12(19)13(20)4-10/h2-4,9,11,15H,5-8H2,1H3,(H,25,26)(H2,21,22,23,27). The Hall–Kier alpha value is -1.92. The number of benzene rings is 1. The van der Waals surface area contributed by atoms with E-state index in [1.165, 1.54) is 4.31 Å². The average molecular weight is 507 g/mol. The van der Waals surface area contributed by atoms with Gasteiger partial charge in [-0.2, -0.15) is 4.31 Å². The van der Waals surface area contributed by atoms with Crippen molar-refractivity contribution in [2.45, 2.75) is 25.4 Å². The van der Waals surface area contributed by atoms with Gasteiger partial charge in [-0.25, -0.2) is 18.2 Å². The number of nitrogens with zero attached hydrogens (tertiary/aromatic N) is 2. The Morgan fingerprint density at radius 1 is 1.32 bits per heavy atom. The number of amides is 2. The number of carboxylic acid groups (broad SMARTS) is 1. The molecule has 1 fully saturated rings. The van der Waals surface area contributed by atoms with Crippen molar-refractivity contribution in [1.82, 2.24) is 14.6 Å². The van der Waals surface area contributed by atoms with Crippen molar-refractivity contribution in [1.29, 1.82) is 0 Å². The fourth-order valence-electron chi connectivity index (χ4n) is 3.39. The van der Waals surface area contributed by atoms with E-state index in [2.05, 4.69) is 15.6 Å². The fraction of sp³-hybridized carbons (Fsp3) is 0.389. The van der Waals surface area contributed by atoms with Crippen molar-refractivity contribution in [3.05, 3.63) is 44.9 Å². The Balaban J connectivity index is 1.63. The lowest BCUT2D eigenvalue weighted by Crippen LogP contribution is -2.30. The number of rotatable bonds is 7. The first kappa shape index (κ1) is 23.7. The van der Waals surface area contributed by atoms with E-state index in [0.717, 1.165) is 23.2 Å². The number of halogens is 2. The molecule has 3 rings (SSSR count). The fourth-order valence-corrected chi connectivity index (χ4v) is 5.60. The van der Waals surface area contributed by atoms with Crippen LogP contribution >= 0.6 is 34.5 Å². The molecule has 13 heteroatoms. The van der Waals surface area contributed by atoms with E-state index in [1.807, 2.05) is 0 Å². The third-order valence-electron chi connectivity index (χ3n) is 4.75. The van der Waals surface area contributed by atoms with E-state index in [9.17, 15) is 18.0 Å². The number of anilines is 1. The smallest absolute Gasteiger partial charge is 0.321 e. The van der Waals surface area contributed by atoms with Crippen LogP contribution in [0.1, 0.15) is 30.1 Å². The molecule has 0 bridgehead atoms. The molecule has 9 nitrogen and oxygen atoms in total. The summed E-state index contributed by atoms with van der Waals surface area (Å²) in [5, 5.41) is 17.1. The van der Waals surface area contributed by atoms with Crippen molar-refractivity contribution in [2.24, 2.45) is 5.92 Å². The highest BCUT2D eigenvalue weighted by atomic mass is 35.5. The number of aromatic nitrogens is 1. The van der Waals surface area contributed by atoms with E-state index < -0.39 is 28.1 Å². The predicted molar refractivity (Wildman–Crippen MR) is 119 cm³/mol. The summed E-state index contributed by atoms with van der Waals surface area (Å²) in [5.41, 5.74) is 1.24. The first-order valence-corrected chi connectivity index (χ1v) is 12.6. The van der Waals surface area contributed by atoms with Crippen LogP contribution in [0.15, 0.2) is 23.6 Å². The number of carboxylic acids is 1. The lowest BCUT2D eigenvalue weighted by molar-refractivity contribution is -0.138. The summed E-state index contributed by atoms with van der Waals surface area (Å²) >= 11 is 13.0. The van der Waals surface area contributed by atoms with E-state index in [4.69, 9.17) is 28.3 Å². The predicted octanol–water partition coefficient (Wildman–Crippen LogP) is 3.57. The van der Waals surface area contributed by atoms with E-state index >= 15 is 0 Å². The molecule has 1 aromatic heterocycles. The monoisotopic (exact) mass is 506 g/mol. The van der Waals surface area contributed by atoms with Gasteiger partial charge >= 0.3 is 12.0 Å². The quantitative estimate of drug-likeness (QED) is 0.526. The maximum atomic E-state index is 12.2. The van der Waals surface area contributed by atoms with Crippen LogP contribution in [0.4, 0.5) is 9.93 Å². The Morgan fingerprint density at radius 3 is 2.71 bits per heavy atom. The molecule has 1 aromatic carbocycles. The van der Waals surface area contributed by atoms with Gasteiger partial charge in [0.05, 0.1) is 28.0 Å². The van der Waals surface area contributed by atoms with Crippen molar-refractivity contribution in [3.8, 4) is 0 Å². The molecule has 2 atom stereocenters. The van der Waals surface area contributed by atoms with Crippen molar-refractivity contribution >= 4 is 61.7 Å². The Labute approximate surface area is 193 Å². The maximum absolute atomic E-state index is 12.2. The molecular formula is C18H20Cl2N4O5S2. The van der Waals surface area contributed by atoms with E-state index in [1.54, 1.807) is 23.6 Å². The van der Waals surface area contributed by atoms with Gasteiger partial charge in [-0.05, 0) is 30.0 Å². The number of thiazole rings is 1. The van der Waals surface area contributed by atoms with Gasteiger partial charge < -0.3 is 10.4 Å². The van der Waals surface area contributed by atoms with Crippen molar-refractivity contribution in [3.63, 3.8) is 0 Å². The summed E-state index contributed by atoms with van der Waals surface area (Å²) in [6, 6.07) is 3.98. The summed E-state index contributed by atoms with van der Waals surface area (Å²) in [7, 11) is -3.54. The lowest BCUT2D eigenvalue weighted by atomic mass is 10.0. The van der Waals surface area contributed by atoms with Gasteiger partial charge in [-0.15, -0.1) is 11.3 Å². The van der Waals surface area contributed by atoms with Gasteiger partial charge in [0.15, 0.2) is 5.13 Å². The normalized spacial score (nSPS) is 19.3. The first-order chi connectivity index (χ1) is 14.5. The van der Waals surface area contributed by atoms with Crippen LogP contribution in [0.2, 0.25) is 10.0 Å². The molecule has 0 spiro atoms. The Morgan fingerprint density at radius 2 is 2.06 bits per heavy atom. The number of hydrogen-bond donors (Lipinski definition) is 3. The SMILES string of the molecule is CS(=O)(=O)N1CC(CC(=O)O)CC1c1csc(NC(=O)NCc2ccc(Cl)c(Cl)c2)n1. The molecule has 1 saturated heterocycles. The number of urea groups is 1. The second-order valence-electron chi connectivity index (χ2n) is 7.18. The number of aliphatic carboxylic acids is 1. The maximum Gasteiger partial charge on any atom is 0.321 e. The molecule has 0 radical (unpaired) electrons. The topological polar surface area (TPSA) is 129 Å². The second-order valence-corrected chi connectivity index (χ2v) is 10.8. The van der Waals surface area contributed by atoms with Gasteiger partial charge in [0, 0.05) is 24.9 Å². The molecule has 2 unspecified atom stereocenters. The van der Waals surface area contributed by atoms with Crippen LogP contribution < -0.4 is 10.6 Å². The van der Waals surface area contributed by atoms with E-state index in [-0.39, 0.29) is 25.4 Å². The second kappa shape index (κ2) is 9.70. The zero-order valence-electron chi connectivity index (χ0n) is 16.3. The van der Waals surface area contributed by atoms with Gasteiger partial charge in [0.25, 0.3) is 0 Å². The summed E-state index contributed by atoms with van der Waals surface area (Å²) in [6.07, 6.45) is 1.33. The third-order valence-corrected chi connectivity index (χ3v) is 7.52. The summed E-state index contributed by atoms with van der Waals surface area (Å²) < 4.78 is 25.6. The van der Waals surface area contributed by atoms with Crippen LogP contribution in [0.3, 0.4) is 0 Å². The summed E-state index contributed by atoms with van der Waals surface area (Å²) in [5.74, 6) is -1.27. The van der Waals surface area contributed by atoms with Gasteiger partial charge in [-0.3, -0.25) is 10.1 Å². The Bertz CT molecular complexity index is 1090. The molecule has 1 aliphatic rings. The van der Waals surface area contributed by atoms with Crippen molar-refractivity contribution in [2.75, 3.05) is 18.1 Å². The van der Waals surface area contributed by atoms with Gasteiger partial charge in [-0.1, -0.05) is 29.3 Å². The number of sulfonamides is 1. The van der Waals surface area contributed by atoms with Crippen LogP contribution in [-0.4, -0.2) is 47.6 Å². The molecular weight excluding hydrogens is 487 g/mol. The minimum atomic E-state index is -3.54.